The lowest BCUT2D eigenvalue weighted by Gasteiger charge is -2.19. The summed E-state index contributed by atoms with van der Waals surface area (Å²) in [5, 5.41) is 0. The van der Waals surface area contributed by atoms with Gasteiger partial charge in [0.2, 0.25) is 0 Å². The third-order valence-corrected chi connectivity index (χ3v) is 6.23. The molecule has 0 aliphatic heterocycles. The molecule has 0 saturated carbocycles. The molecule has 4 aromatic rings. The van der Waals surface area contributed by atoms with Gasteiger partial charge >= 0.3 is 0 Å². The maximum Gasteiger partial charge on any atom is 0.167 e. The molecule has 4 rings (SSSR count). The lowest BCUT2D eigenvalue weighted by atomic mass is 9.86. The van der Waals surface area contributed by atoms with Crippen molar-refractivity contribution in [2.24, 2.45) is 0 Å². The van der Waals surface area contributed by atoms with Crippen LogP contribution in [0, 0.1) is 17.5 Å². The summed E-state index contributed by atoms with van der Waals surface area (Å²) >= 11 is 0. The Bertz CT molecular complexity index is 1290. The van der Waals surface area contributed by atoms with Crippen molar-refractivity contribution in [1.82, 2.24) is 0 Å². The van der Waals surface area contributed by atoms with E-state index in [4.69, 9.17) is 0 Å². The van der Waals surface area contributed by atoms with Gasteiger partial charge in [-0.2, -0.15) is 0 Å². The molecule has 3 heteroatoms. The van der Waals surface area contributed by atoms with Crippen molar-refractivity contribution in [3.8, 4) is 33.4 Å². The van der Waals surface area contributed by atoms with Gasteiger partial charge in [0.25, 0.3) is 0 Å². The molecule has 0 atom stereocenters. The Morgan fingerprint density at radius 1 is 0.588 bits per heavy atom. The maximum atomic E-state index is 15.1. The van der Waals surface area contributed by atoms with E-state index in [0.717, 1.165) is 24.0 Å². The summed E-state index contributed by atoms with van der Waals surface area (Å²) in [6, 6.07) is 23.0. The first-order chi connectivity index (χ1) is 16.2. The minimum Gasteiger partial charge on any atom is -0.206 e. The Hall–Kier alpha value is -3.33. The van der Waals surface area contributed by atoms with E-state index in [2.05, 4.69) is 27.7 Å². The molecule has 0 radical (unpaired) electrons. The highest BCUT2D eigenvalue weighted by molar-refractivity contribution is 5.75. The smallest absolute Gasteiger partial charge is 0.167 e. The second-order valence-electron chi connectivity index (χ2n) is 9.76. The molecule has 0 spiro atoms. The normalized spacial score (nSPS) is 11.6. The minimum absolute atomic E-state index is 0.0343. The molecule has 0 aromatic heterocycles. The van der Waals surface area contributed by atoms with Gasteiger partial charge in [0, 0.05) is 16.7 Å². The molecule has 0 fully saturated rings. The van der Waals surface area contributed by atoms with Gasteiger partial charge < -0.3 is 0 Å². The zero-order chi connectivity index (χ0) is 24.5. The van der Waals surface area contributed by atoms with E-state index in [9.17, 15) is 0 Å². The SMILES string of the molecule is CCCc1ccc(-c2ccc(-c3ccc(-c4ccc(C(C)(C)C)cc4)c(F)c3F)c(F)c2)cc1. The Labute approximate surface area is 200 Å². The molecule has 0 saturated heterocycles. The molecule has 0 nitrogen and oxygen atoms in total. The third-order valence-electron chi connectivity index (χ3n) is 6.23. The predicted molar refractivity (Wildman–Crippen MR) is 135 cm³/mol. The molecule has 174 valence electrons. The first-order valence-corrected chi connectivity index (χ1v) is 11.7. The van der Waals surface area contributed by atoms with Crippen LogP contribution in [0.3, 0.4) is 0 Å². The van der Waals surface area contributed by atoms with E-state index in [1.54, 1.807) is 18.2 Å². The van der Waals surface area contributed by atoms with Crippen molar-refractivity contribution >= 4 is 0 Å². The summed E-state index contributed by atoms with van der Waals surface area (Å²) in [5.41, 5.74) is 4.57. The van der Waals surface area contributed by atoms with Crippen LogP contribution < -0.4 is 0 Å². The maximum absolute atomic E-state index is 15.1. The number of rotatable bonds is 5. The molecule has 34 heavy (non-hydrogen) atoms. The Kier molecular flexibility index (Phi) is 6.65. The van der Waals surface area contributed by atoms with E-state index < -0.39 is 17.5 Å². The van der Waals surface area contributed by atoms with Crippen LogP contribution in [0.2, 0.25) is 0 Å². The fourth-order valence-corrected chi connectivity index (χ4v) is 4.20. The second-order valence-corrected chi connectivity index (χ2v) is 9.76. The predicted octanol–water partition coefficient (Wildman–Crippen LogP) is 9.35. The van der Waals surface area contributed by atoms with E-state index in [1.165, 1.54) is 29.8 Å². The summed E-state index contributed by atoms with van der Waals surface area (Å²) in [5.74, 6) is -2.61. The summed E-state index contributed by atoms with van der Waals surface area (Å²) in [6.45, 7) is 8.41. The van der Waals surface area contributed by atoms with Crippen LogP contribution in [0.15, 0.2) is 78.9 Å². The van der Waals surface area contributed by atoms with Crippen LogP contribution in [0.5, 0.6) is 0 Å². The number of halogens is 3. The van der Waals surface area contributed by atoms with Crippen molar-refractivity contribution in [2.45, 2.75) is 46.0 Å². The summed E-state index contributed by atoms with van der Waals surface area (Å²) in [6.07, 6.45) is 2.06. The fraction of sp³-hybridized carbons (Fsp3) is 0.226. The largest absolute Gasteiger partial charge is 0.206 e. The van der Waals surface area contributed by atoms with Gasteiger partial charge in [0.05, 0.1) is 0 Å². The molecule has 0 aliphatic carbocycles. The highest BCUT2D eigenvalue weighted by atomic mass is 19.2. The van der Waals surface area contributed by atoms with E-state index in [-0.39, 0.29) is 22.1 Å². The molecular formula is C31H29F3. The molecular weight excluding hydrogens is 429 g/mol. The van der Waals surface area contributed by atoms with Crippen molar-refractivity contribution in [3.63, 3.8) is 0 Å². The summed E-state index contributed by atoms with van der Waals surface area (Å²) in [7, 11) is 0. The van der Waals surface area contributed by atoms with Crippen molar-refractivity contribution in [2.75, 3.05) is 0 Å². The van der Waals surface area contributed by atoms with Gasteiger partial charge in [-0.1, -0.05) is 107 Å². The van der Waals surface area contributed by atoms with Gasteiger partial charge in [-0.15, -0.1) is 0 Å². The molecule has 0 aliphatic rings. The standard InChI is InChI=1S/C31H29F3/c1-5-6-20-7-9-21(10-8-20)23-13-16-26(28(32)19-23)27-18-17-25(29(33)30(27)34)22-11-14-24(15-12-22)31(2,3)4/h7-19H,5-6H2,1-4H3. The summed E-state index contributed by atoms with van der Waals surface area (Å²) < 4.78 is 45.2. The Morgan fingerprint density at radius 3 is 1.71 bits per heavy atom. The van der Waals surface area contributed by atoms with Crippen molar-refractivity contribution in [1.29, 1.82) is 0 Å². The zero-order valence-electron chi connectivity index (χ0n) is 20.1. The number of aryl methyl sites for hydroxylation is 1. The first kappa shape index (κ1) is 23.8. The number of hydrogen-bond donors (Lipinski definition) is 0. The van der Waals surface area contributed by atoms with E-state index >= 15 is 13.2 Å². The molecule has 0 N–H and O–H groups in total. The van der Waals surface area contributed by atoms with Crippen molar-refractivity contribution in [3.05, 3.63) is 107 Å². The average Bonchev–Trinajstić information content (AvgIpc) is 2.81. The van der Waals surface area contributed by atoms with Crippen LogP contribution in [0.1, 0.15) is 45.2 Å². The van der Waals surface area contributed by atoms with Gasteiger partial charge in [-0.3, -0.25) is 0 Å². The molecule has 0 heterocycles. The van der Waals surface area contributed by atoms with Crippen LogP contribution in [0.25, 0.3) is 33.4 Å². The molecule has 0 amide bonds. The van der Waals surface area contributed by atoms with Crippen LogP contribution >= 0.6 is 0 Å². The van der Waals surface area contributed by atoms with Gasteiger partial charge in [0.15, 0.2) is 11.6 Å². The van der Waals surface area contributed by atoms with Gasteiger partial charge in [-0.05, 0) is 45.7 Å². The molecule has 0 unspecified atom stereocenters. The highest BCUT2D eigenvalue weighted by Crippen LogP contribution is 2.35. The quantitative estimate of drug-likeness (QED) is 0.279. The minimum atomic E-state index is -1.05. The molecule has 0 bridgehead atoms. The fourth-order valence-electron chi connectivity index (χ4n) is 4.20. The topological polar surface area (TPSA) is 0 Å². The zero-order valence-corrected chi connectivity index (χ0v) is 20.1. The number of hydrogen-bond acceptors (Lipinski definition) is 0. The highest BCUT2D eigenvalue weighted by Gasteiger charge is 2.19. The first-order valence-electron chi connectivity index (χ1n) is 11.7. The molecule has 4 aromatic carbocycles. The average molecular weight is 459 g/mol. The third kappa shape index (κ3) is 4.79. The monoisotopic (exact) mass is 458 g/mol. The van der Waals surface area contributed by atoms with Crippen LogP contribution in [-0.2, 0) is 11.8 Å². The second kappa shape index (κ2) is 9.50. The Balaban J connectivity index is 1.65. The Morgan fingerprint density at radius 2 is 1.12 bits per heavy atom. The van der Waals surface area contributed by atoms with Crippen LogP contribution in [-0.4, -0.2) is 0 Å². The van der Waals surface area contributed by atoms with E-state index in [0.29, 0.717) is 11.1 Å². The lowest BCUT2D eigenvalue weighted by Crippen LogP contribution is -2.10. The van der Waals surface area contributed by atoms with Gasteiger partial charge in [-0.25, -0.2) is 13.2 Å². The number of benzene rings is 4. The van der Waals surface area contributed by atoms with Crippen LogP contribution in [0.4, 0.5) is 13.2 Å². The van der Waals surface area contributed by atoms with E-state index in [1.807, 2.05) is 36.4 Å². The van der Waals surface area contributed by atoms with Gasteiger partial charge in [0.1, 0.15) is 5.82 Å². The lowest BCUT2D eigenvalue weighted by molar-refractivity contribution is 0.513. The summed E-state index contributed by atoms with van der Waals surface area (Å²) in [4.78, 5) is 0. The van der Waals surface area contributed by atoms with Crippen molar-refractivity contribution < 1.29 is 13.2 Å².